The molecule has 0 unspecified atom stereocenters. The van der Waals surface area contributed by atoms with E-state index in [-0.39, 0.29) is 0 Å². The van der Waals surface area contributed by atoms with Crippen molar-refractivity contribution in [2.24, 2.45) is 0 Å². The number of aryl methyl sites for hydroxylation is 3. The van der Waals surface area contributed by atoms with Crippen LogP contribution in [0, 0.1) is 13.8 Å². The summed E-state index contributed by atoms with van der Waals surface area (Å²) in [6.07, 6.45) is 6.50. The van der Waals surface area contributed by atoms with E-state index in [1.165, 1.54) is 47.2 Å². The lowest BCUT2D eigenvalue weighted by molar-refractivity contribution is 0.708. The minimum Gasteiger partial charge on any atom is -0.237 e. The third-order valence-electron chi connectivity index (χ3n) is 4.36. The summed E-state index contributed by atoms with van der Waals surface area (Å²) < 4.78 is 0. The second-order valence-electron chi connectivity index (χ2n) is 6.01. The number of nitrogens with zero attached hydrogens (tertiary/aromatic N) is 2. The van der Waals surface area contributed by atoms with Crippen molar-refractivity contribution in [2.45, 2.75) is 52.4 Å². The Kier molecular flexibility index (Phi) is 4.25. The van der Waals surface area contributed by atoms with Crippen molar-refractivity contribution in [1.29, 1.82) is 0 Å². The standard InChI is InChI=1S/C18H21ClN2/c1-12-8-9-14(10-13(12)2)11-17-20-16-7-5-3-4-6-15(16)18(19)21-17/h8-10H,3-7,11H2,1-2H3. The van der Waals surface area contributed by atoms with Crippen molar-refractivity contribution < 1.29 is 0 Å². The largest absolute Gasteiger partial charge is 0.237 e. The van der Waals surface area contributed by atoms with Crippen LogP contribution in [0.15, 0.2) is 18.2 Å². The van der Waals surface area contributed by atoms with Crippen LogP contribution in [0.25, 0.3) is 0 Å². The van der Waals surface area contributed by atoms with E-state index < -0.39 is 0 Å². The number of rotatable bonds is 2. The van der Waals surface area contributed by atoms with Gasteiger partial charge in [0.05, 0.1) is 0 Å². The van der Waals surface area contributed by atoms with Crippen LogP contribution in [0.4, 0.5) is 0 Å². The van der Waals surface area contributed by atoms with Crippen LogP contribution in [0.1, 0.15) is 53.0 Å². The van der Waals surface area contributed by atoms with Crippen LogP contribution in [0.5, 0.6) is 0 Å². The molecular weight excluding hydrogens is 280 g/mol. The van der Waals surface area contributed by atoms with Crippen molar-refractivity contribution in [3.63, 3.8) is 0 Å². The first-order valence-corrected chi connectivity index (χ1v) is 8.11. The van der Waals surface area contributed by atoms with E-state index in [0.29, 0.717) is 5.15 Å². The normalized spacial score (nSPS) is 14.6. The average Bonchev–Trinajstić information content (AvgIpc) is 2.69. The number of benzene rings is 1. The Bertz CT molecular complexity index is 665. The fraction of sp³-hybridized carbons (Fsp3) is 0.444. The van der Waals surface area contributed by atoms with E-state index in [4.69, 9.17) is 16.6 Å². The quantitative estimate of drug-likeness (QED) is 0.598. The smallest absolute Gasteiger partial charge is 0.136 e. The van der Waals surface area contributed by atoms with Gasteiger partial charge in [-0.05, 0) is 56.2 Å². The molecule has 2 nitrogen and oxygen atoms in total. The summed E-state index contributed by atoms with van der Waals surface area (Å²) in [5, 5.41) is 0.667. The lowest BCUT2D eigenvalue weighted by Crippen LogP contribution is -2.05. The highest BCUT2D eigenvalue weighted by Gasteiger charge is 2.15. The Labute approximate surface area is 131 Å². The number of halogens is 1. The van der Waals surface area contributed by atoms with Gasteiger partial charge in [-0.3, -0.25) is 0 Å². The third kappa shape index (κ3) is 3.26. The molecule has 3 heteroatoms. The Morgan fingerprint density at radius 2 is 1.81 bits per heavy atom. The number of hydrogen-bond acceptors (Lipinski definition) is 2. The highest BCUT2D eigenvalue weighted by molar-refractivity contribution is 6.30. The Morgan fingerprint density at radius 1 is 1.00 bits per heavy atom. The van der Waals surface area contributed by atoms with Crippen LogP contribution in [0.3, 0.4) is 0 Å². The van der Waals surface area contributed by atoms with Gasteiger partial charge in [-0.15, -0.1) is 0 Å². The zero-order valence-electron chi connectivity index (χ0n) is 12.7. The highest BCUT2D eigenvalue weighted by Crippen LogP contribution is 2.25. The summed E-state index contributed by atoms with van der Waals surface area (Å²) >= 11 is 6.39. The van der Waals surface area contributed by atoms with Crippen LogP contribution in [0.2, 0.25) is 5.15 Å². The maximum absolute atomic E-state index is 6.39. The summed E-state index contributed by atoms with van der Waals surface area (Å²) in [6, 6.07) is 6.54. The third-order valence-corrected chi connectivity index (χ3v) is 4.68. The number of aromatic nitrogens is 2. The molecule has 0 spiro atoms. The zero-order valence-corrected chi connectivity index (χ0v) is 13.5. The molecule has 0 aliphatic heterocycles. The van der Waals surface area contributed by atoms with Crippen molar-refractivity contribution in [1.82, 2.24) is 9.97 Å². The predicted octanol–water partition coefficient (Wildman–Crippen LogP) is 4.61. The van der Waals surface area contributed by atoms with E-state index in [2.05, 4.69) is 37.0 Å². The fourth-order valence-electron chi connectivity index (χ4n) is 2.95. The summed E-state index contributed by atoms with van der Waals surface area (Å²) in [5.41, 5.74) is 6.24. The van der Waals surface area contributed by atoms with Gasteiger partial charge in [0.2, 0.25) is 0 Å². The van der Waals surface area contributed by atoms with Gasteiger partial charge in [-0.1, -0.05) is 36.2 Å². The first-order chi connectivity index (χ1) is 10.1. The second-order valence-corrected chi connectivity index (χ2v) is 6.37. The molecule has 0 atom stereocenters. The highest BCUT2D eigenvalue weighted by atomic mass is 35.5. The van der Waals surface area contributed by atoms with Gasteiger partial charge in [0, 0.05) is 17.7 Å². The molecular formula is C18H21ClN2. The second kappa shape index (κ2) is 6.15. The van der Waals surface area contributed by atoms with Crippen LogP contribution >= 0.6 is 11.6 Å². The van der Waals surface area contributed by atoms with E-state index >= 15 is 0 Å². The molecule has 1 aromatic heterocycles. The number of fused-ring (bicyclic) bond motifs is 1. The predicted molar refractivity (Wildman–Crippen MR) is 87.0 cm³/mol. The molecule has 0 amide bonds. The van der Waals surface area contributed by atoms with Crippen molar-refractivity contribution in [3.8, 4) is 0 Å². The Hall–Kier alpha value is -1.41. The molecule has 21 heavy (non-hydrogen) atoms. The van der Waals surface area contributed by atoms with Crippen molar-refractivity contribution in [3.05, 3.63) is 57.1 Å². The van der Waals surface area contributed by atoms with E-state index in [9.17, 15) is 0 Å². The Morgan fingerprint density at radius 3 is 2.62 bits per heavy atom. The van der Waals surface area contributed by atoms with Crippen molar-refractivity contribution in [2.75, 3.05) is 0 Å². The zero-order chi connectivity index (χ0) is 14.8. The molecule has 1 heterocycles. The summed E-state index contributed by atoms with van der Waals surface area (Å²) in [6.45, 7) is 4.28. The molecule has 1 aliphatic carbocycles. The lowest BCUT2D eigenvalue weighted by Gasteiger charge is -2.10. The molecule has 1 aromatic carbocycles. The topological polar surface area (TPSA) is 25.8 Å². The molecule has 2 aromatic rings. The maximum Gasteiger partial charge on any atom is 0.136 e. The van der Waals surface area contributed by atoms with E-state index in [1.807, 2.05) is 0 Å². The lowest BCUT2D eigenvalue weighted by atomic mass is 10.0. The molecule has 0 radical (unpaired) electrons. The molecule has 0 fully saturated rings. The van der Waals surface area contributed by atoms with E-state index in [0.717, 1.165) is 25.1 Å². The molecule has 0 saturated carbocycles. The average molecular weight is 301 g/mol. The van der Waals surface area contributed by atoms with Gasteiger partial charge in [0.25, 0.3) is 0 Å². The fourth-order valence-corrected chi connectivity index (χ4v) is 3.25. The van der Waals surface area contributed by atoms with Crippen LogP contribution in [-0.2, 0) is 19.3 Å². The van der Waals surface area contributed by atoms with Gasteiger partial charge in [0.15, 0.2) is 0 Å². The summed E-state index contributed by atoms with van der Waals surface area (Å²) in [7, 11) is 0. The molecule has 0 N–H and O–H groups in total. The minimum atomic E-state index is 0.667. The van der Waals surface area contributed by atoms with Crippen molar-refractivity contribution >= 4 is 11.6 Å². The van der Waals surface area contributed by atoms with Gasteiger partial charge in [-0.2, -0.15) is 0 Å². The summed E-state index contributed by atoms with van der Waals surface area (Å²) in [4.78, 5) is 9.32. The molecule has 1 aliphatic rings. The monoisotopic (exact) mass is 300 g/mol. The number of hydrogen-bond donors (Lipinski definition) is 0. The molecule has 110 valence electrons. The molecule has 0 saturated heterocycles. The SMILES string of the molecule is Cc1ccc(Cc2nc(Cl)c3c(n2)CCCCC3)cc1C. The molecule has 0 bridgehead atoms. The van der Waals surface area contributed by atoms with Crippen LogP contribution in [-0.4, -0.2) is 9.97 Å². The minimum absolute atomic E-state index is 0.667. The molecule has 3 rings (SSSR count). The maximum atomic E-state index is 6.39. The summed E-state index contributed by atoms with van der Waals surface area (Å²) in [5.74, 6) is 0.851. The first kappa shape index (κ1) is 14.5. The van der Waals surface area contributed by atoms with Gasteiger partial charge in [0.1, 0.15) is 11.0 Å². The van der Waals surface area contributed by atoms with Crippen LogP contribution < -0.4 is 0 Å². The first-order valence-electron chi connectivity index (χ1n) is 7.74. The van der Waals surface area contributed by atoms with Gasteiger partial charge >= 0.3 is 0 Å². The van der Waals surface area contributed by atoms with Gasteiger partial charge < -0.3 is 0 Å². The Balaban J connectivity index is 1.90. The van der Waals surface area contributed by atoms with Gasteiger partial charge in [-0.25, -0.2) is 9.97 Å². The van der Waals surface area contributed by atoms with E-state index in [1.54, 1.807) is 0 Å².